The van der Waals surface area contributed by atoms with E-state index in [1.165, 1.54) is 23.1 Å². The number of thioether (sulfide) groups is 1. The van der Waals surface area contributed by atoms with Crippen LogP contribution in [0.4, 0.5) is 10.8 Å². The van der Waals surface area contributed by atoms with Gasteiger partial charge in [-0.25, -0.2) is 4.98 Å². The highest BCUT2D eigenvalue weighted by atomic mass is 79.9. The highest BCUT2D eigenvalue weighted by Crippen LogP contribution is 2.29. The highest BCUT2D eigenvalue weighted by molar-refractivity contribution is 9.10. The zero-order valence-corrected chi connectivity index (χ0v) is 21.8. The Morgan fingerprint density at radius 2 is 1.74 bits per heavy atom. The quantitative estimate of drug-likeness (QED) is 0.237. The Morgan fingerprint density at radius 3 is 2.44 bits per heavy atom. The van der Waals surface area contributed by atoms with Crippen LogP contribution in [0.25, 0.3) is 11.3 Å². The molecule has 5 nitrogen and oxygen atoms in total. The van der Waals surface area contributed by atoms with Crippen LogP contribution in [0.3, 0.4) is 0 Å². The molecule has 0 spiro atoms. The van der Waals surface area contributed by atoms with Crippen molar-refractivity contribution in [1.82, 2.24) is 4.98 Å². The number of nitrogens with zero attached hydrogens (tertiary/aromatic N) is 1. The molecule has 0 saturated carbocycles. The summed E-state index contributed by atoms with van der Waals surface area (Å²) in [5, 5.41) is 8.00. The molecule has 0 fully saturated rings. The minimum Gasteiger partial charge on any atom is -0.322 e. The largest absolute Gasteiger partial charge is 0.322 e. The predicted octanol–water partition coefficient (Wildman–Crippen LogP) is 7.25. The standard InChI is InChI=1S/C26H22BrN3O2S2/c1-16-4-3-5-19(14-16)25(32)28-21-10-12-22(13-11-21)34-17(2)24(31)30-26-29-23(15-33-26)18-6-8-20(27)9-7-18/h3-15,17H,1-2H3,(H,28,32)(H,29,30,31). The van der Waals surface area contributed by atoms with Crippen molar-refractivity contribution in [2.24, 2.45) is 0 Å². The summed E-state index contributed by atoms with van der Waals surface area (Å²) >= 11 is 6.28. The fraction of sp³-hybridized carbons (Fsp3) is 0.115. The first kappa shape index (κ1) is 24.2. The van der Waals surface area contributed by atoms with Crippen LogP contribution < -0.4 is 10.6 Å². The van der Waals surface area contributed by atoms with Gasteiger partial charge in [0.05, 0.1) is 10.9 Å². The number of nitrogens with one attached hydrogen (secondary N) is 2. The van der Waals surface area contributed by atoms with Gasteiger partial charge in [-0.15, -0.1) is 23.1 Å². The van der Waals surface area contributed by atoms with E-state index in [1.807, 2.05) is 86.0 Å². The van der Waals surface area contributed by atoms with Crippen molar-refractivity contribution >= 4 is 61.7 Å². The molecule has 4 rings (SSSR count). The molecule has 1 atom stereocenters. The van der Waals surface area contributed by atoms with E-state index in [9.17, 15) is 9.59 Å². The highest BCUT2D eigenvalue weighted by Gasteiger charge is 2.17. The number of halogens is 1. The summed E-state index contributed by atoms with van der Waals surface area (Å²) in [5.41, 5.74) is 4.19. The van der Waals surface area contributed by atoms with Gasteiger partial charge in [0, 0.05) is 31.6 Å². The Labute approximate surface area is 215 Å². The van der Waals surface area contributed by atoms with Crippen molar-refractivity contribution in [3.05, 3.63) is 93.8 Å². The Hall–Kier alpha value is -2.94. The van der Waals surface area contributed by atoms with Crippen LogP contribution in [0.2, 0.25) is 0 Å². The molecule has 1 heterocycles. The van der Waals surface area contributed by atoms with Crippen LogP contribution in [0.5, 0.6) is 0 Å². The number of aryl methyl sites for hydroxylation is 1. The molecule has 34 heavy (non-hydrogen) atoms. The number of rotatable bonds is 7. The van der Waals surface area contributed by atoms with Gasteiger partial charge in [0.25, 0.3) is 5.91 Å². The molecule has 0 radical (unpaired) electrons. The normalized spacial score (nSPS) is 11.6. The summed E-state index contributed by atoms with van der Waals surface area (Å²) in [4.78, 5) is 30.6. The predicted molar refractivity (Wildman–Crippen MR) is 145 cm³/mol. The lowest BCUT2D eigenvalue weighted by Crippen LogP contribution is -2.22. The molecule has 2 N–H and O–H groups in total. The van der Waals surface area contributed by atoms with Crippen LogP contribution >= 0.6 is 39.0 Å². The van der Waals surface area contributed by atoms with Crippen molar-refractivity contribution in [3.63, 3.8) is 0 Å². The SMILES string of the molecule is Cc1cccc(C(=O)Nc2ccc(SC(C)C(=O)Nc3nc(-c4ccc(Br)cc4)cs3)cc2)c1. The Bertz CT molecular complexity index is 1300. The number of anilines is 2. The van der Waals surface area contributed by atoms with Gasteiger partial charge in [-0.2, -0.15) is 0 Å². The number of hydrogen-bond donors (Lipinski definition) is 2. The molecule has 4 aromatic rings. The maximum Gasteiger partial charge on any atom is 0.255 e. The summed E-state index contributed by atoms with van der Waals surface area (Å²) in [6, 6.07) is 22.8. The Morgan fingerprint density at radius 1 is 1.00 bits per heavy atom. The molecule has 1 unspecified atom stereocenters. The fourth-order valence-electron chi connectivity index (χ4n) is 3.16. The number of hydrogen-bond acceptors (Lipinski definition) is 5. The van der Waals surface area contributed by atoms with Crippen LogP contribution in [0.15, 0.2) is 87.5 Å². The van der Waals surface area contributed by atoms with Gasteiger partial charge in [0.15, 0.2) is 5.13 Å². The lowest BCUT2D eigenvalue weighted by atomic mass is 10.1. The zero-order chi connectivity index (χ0) is 24.1. The van der Waals surface area contributed by atoms with Crippen LogP contribution in [-0.2, 0) is 4.79 Å². The van der Waals surface area contributed by atoms with Crippen molar-refractivity contribution in [2.75, 3.05) is 10.6 Å². The van der Waals surface area contributed by atoms with Crippen LogP contribution in [0, 0.1) is 6.92 Å². The molecule has 0 aliphatic rings. The zero-order valence-electron chi connectivity index (χ0n) is 18.5. The minimum atomic E-state index is -0.312. The van der Waals surface area contributed by atoms with Gasteiger partial charge in [-0.1, -0.05) is 45.8 Å². The number of thiazole rings is 1. The second kappa shape index (κ2) is 11.0. The first-order chi connectivity index (χ1) is 16.4. The Kier molecular flexibility index (Phi) is 7.82. The maximum atomic E-state index is 12.7. The first-order valence-electron chi connectivity index (χ1n) is 10.5. The second-order valence-electron chi connectivity index (χ2n) is 7.64. The van der Waals surface area contributed by atoms with Gasteiger partial charge in [-0.3, -0.25) is 9.59 Å². The number of amides is 2. The third kappa shape index (κ3) is 6.34. The van der Waals surface area contributed by atoms with E-state index in [4.69, 9.17) is 0 Å². The van der Waals surface area contributed by atoms with Crippen molar-refractivity contribution in [1.29, 1.82) is 0 Å². The summed E-state index contributed by atoms with van der Waals surface area (Å²) < 4.78 is 1.01. The second-order valence-corrected chi connectivity index (χ2v) is 10.8. The molecule has 2 amide bonds. The third-order valence-corrected chi connectivity index (χ3v) is 7.35. The van der Waals surface area contributed by atoms with Gasteiger partial charge in [0.1, 0.15) is 0 Å². The van der Waals surface area contributed by atoms with Crippen molar-refractivity contribution < 1.29 is 9.59 Å². The van der Waals surface area contributed by atoms with E-state index in [-0.39, 0.29) is 17.1 Å². The molecular formula is C26H22BrN3O2S2. The van der Waals surface area contributed by atoms with Crippen molar-refractivity contribution in [2.45, 2.75) is 24.0 Å². The molecule has 0 aliphatic carbocycles. The lowest BCUT2D eigenvalue weighted by Gasteiger charge is -2.11. The average Bonchev–Trinajstić information content (AvgIpc) is 3.29. The van der Waals surface area contributed by atoms with E-state index >= 15 is 0 Å². The summed E-state index contributed by atoms with van der Waals surface area (Å²) in [6.07, 6.45) is 0. The molecule has 3 aromatic carbocycles. The molecular weight excluding hydrogens is 530 g/mol. The molecule has 172 valence electrons. The topological polar surface area (TPSA) is 71.1 Å². The van der Waals surface area contributed by atoms with Gasteiger partial charge >= 0.3 is 0 Å². The monoisotopic (exact) mass is 551 g/mol. The summed E-state index contributed by atoms with van der Waals surface area (Å²) in [5.74, 6) is -0.263. The van der Waals surface area contributed by atoms with E-state index in [0.29, 0.717) is 16.4 Å². The summed E-state index contributed by atoms with van der Waals surface area (Å²) in [7, 11) is 0. The molecule has 0 saturated heterocycles. The first-order valence-corrected chi connectivity index (χ1v) is 13.1. The minimum absolute atomic E-state index is 0.112. The molecule has 0 aliphatic heterocycles. The molecule has 1 aromatic heterocycles. The van der Waals surface area contributed by atoms with E-state index in [0.717, 1.165) is 26.2 Å². The van der Waals surface area contributed by atoms with Crippen LogP contribution in [-0.4, -0.2) is 22.0 Å². The number of carbonyl (C=O) groups is 2. The molecule has 8 heteroatoms. The van der Waals surface area contributed by atoms with E-state index in [1.54, 1.807) is 6.07 Å². The fourth-order valence-corrected chi connectivity index (χ4v) is 5.01. The van der Waals surface area contributed by atoms with Crippen LogP contribution in [0.1, 0.15) is 22.8 Å². The summed E-state index contributed by atoms with van der Waals surface area (Å²) in [6.45, 7) is 3.81. The van der Waals surface area contributed by atoms with Crippen molar-refractivity contribution in [3.8, 4) is 11.3 Å². The average molecular weight is 553 g/mol. The lowest BCUT2D eigenvalue weighted by molar-refractivity contribution is -0.115. The third-order valence-electron chi connectivity index (χ3n) is 4.95. The number of benzene rings is 3. The van der Waals surface area contributed by atoms with Gasteiger partial charge in [0.2, 0.25) is 5.91 Å². The van der Waals surface area contributed by atoms with E-state index in [2.05, 4.69) is 31.5 Å². The van der Waals surface area contributed by atoms with Gasteiger partial charge < -0.3 is 10.6 Å². The van der Waals surface area contributed by atoms with E-state index < -0.39 is 0 Å². The number of aromatic nitrogens is 1. The van der Waals surface area contributed by atoms with Gasteiger partial charge in [-0.05, 0) is 62.4 Å². The molecule has 0 bridgehead atoms. The Balaban J connectivity index is 1.32. The maximum absolute atomic E-state index is 12.7. The smallest absolute Gasteiger partial charge is 0.255 e. The number of carbonyl (C=O) groups excluding carboxylic acids is 2.